The summed E-state index contributed by atoms with van der Waals surface area (Å²) in [6.07, 6.45) is 3.05. The highest BCUT2D eigenvalue weighted by Gasteiger charge is 2.39. The number of fused-ring (bicyclic) bond motifs is 3. The number of esters is 1. The van der Waals surface area contributed by atoms with Crippen molar-refractivity contribution in [3.8, 4) is 0 Å². The third kappa shape index (κ3) is 4.69. The number of ketones is 2. The number of rotatable bonds is 4. The Morgan fingerprint density at radius 1 is 0.897 bits per heavy atom. The van der Waals surface area contributed by atoms with Gasteiger partial charge < -0.3 is 15.8 Å². The summed E-state index contributed by atoms with van der Waals surface area (Å²) < 4.78 is 19.8. The Morgan fingerprint density at radius 2 is 1.54 bits per heavy atom. The molecule has 39 heavy (non-hydrogen) atoms. The minimum absolute atomic E-state index is 0.00501. The monoisotopic (exact) mass is 546 g/mol. The van der Waals surface area contributed by atoms with Crippen molar-refractivity contribution in [2.75, 3.05) is 11.1 Å². The molecule has 0 amide bonds. The summed E-state index contributed by atoms with van der Waals surface area (Å²) in [6, 6.07) is 14.9. The Labute approximate surface area is 230 Å². The lowest BCUT2D eigenvalue weighted by atomic mass is 9.69. The van der Waals surface area contributed by atoms with Crippen LogP contribution >= 0.6 is 11.6 Å². The van der Waals surface area contributed by atoms with Gasteiger partial charge in [-0.05, 0) is 80.7 Å². The zero-order valence-corrected chi connectivity index (χ0v) is 22.0. The van der Waals surface area contributed by atoms with E-state index in [1.54, 1.807) is 48.5 Å². The summed E-state index contributed by atoms with van der Waals surface area (Å²) in [4.78, 5) is 40.7. The van der Waals surface area contributed by atoms with Gasteiger partial charge in [-0.1, -0.05) is 35.9 Å². The third-order valence-electron chi connectivity index (χ3n) is 8.36. The van der Waals surface area contributed by atoms with E-state index in [4.69, 9.17) is 22.1 Å². The van der Waals surface area contributed by atoms with E-state index < -0.39 is 17.9 Å². The molecule has 6 rings (SSSR count). The molecule has 4 atom stereocenters. The van der Waals surface area contributed by atoms with Crippen LogP contribution in [0.1, 0.15) is 80.7 Å². The zero-order valence-electron chi connectivity index (χ0n) is 21.2. The van der Waals surface area contributed by atoms with Crippen molar-refractivity contribution in [3.63, 3.8) is 0 Å². The molecule has 3 aromatic carbocycles. The van der Waals surface area contributed by atoms with Crippen LogP contribution in [0.15, 0.2) is 54.6 Å². The number of nitrogens with two attached hydrogens (primary N) is 1. The van der Waals surface area contributed by atoms with Crippen LogP contribution in [-0.4, -0.2) is 29.8 Å². The molecule has 8 heteroatoms. The minimum atomic E-state index is -0.738. The number of alkyl halides is 1. The number of carbonyl (C=O) groups is 3. The predicted molar refractivity (Wildman–Crippen MR) is 148 cm³/mol. The van der Waals surface area contributed by atoms with Crippen LogP contribution < -0.4 is 11.1 Å². The van der Waals surface area contributed by atoms with Crippen molar-refractivity contribution in [2.24, 2.45) is 11.8 Å². The number of nitrogen functional groups attached to an aromatic ring is 1. The molecular weight excluding hydrogens is 519 g/mol. The third-order valence-corrected chi connectivity index (χ3v) is 8.61. The van der Waals surface area contributed by atoms with Gasteiger partial charge in [0.25, 0.3) is 0 Å². The molecule has 0 aliphatic heterocycles. The van der Waals surface area contributed by atoms with Gasteiger partial charge in [0.05, 0.1) is 28.1 Å². The maximum absolute atomic E-state index is 13.9. The van der Waals surface area contributed by atoms with Crippen LogP contribution in [0, 0.1) is 11.8 Å². The number of hydrogen-bond donors (Lipinski definition) is 2. The highest BCUT2D eigenvalue weighted by Crippen LogP contribution is 2.43. The molecule has 0 radical (unpaired) electrons. The number of ether oxygens (including phenoxy) is 1. The maximum Gasteiger partial charge on any atom is 0.340 e. The van der Waals surface area contributed by atoms with Gasteiger partial charge in [-0.3, -0.25) is 9.59 Å². The molecule has 0 aromatic heterocycles. The molecule has 6 nitrogen and oxygen atoms in total. The smallest absolute Gasteiger partial charge is 0.340 e. The van der Waals surface area contributed by atoms with Crippen molar-refractivity contribution in [1.82, 2.24) is 0 Å². The van der Waals surface area contributed by atoms with E-state index in [2.05, 4.69) is 5.32 Å². The van der Waals surface area contributed by atoms with Crippen LogP contribution in [0.25, 0.3) is 0 Å². The Bertz CT molecular complexity index is 1490. The largest absolute Gasteiger partial charge is 0.459 e. The molecule has 200 valence electrons. The van der Waals surface area contributed by atoms with Gasteiger partial charge in [0.1, 0.15) is 12.3 Å². The first-order valence-corrected chi connectivity index (χ1v) is 13.7. The molecule has 3 aliphatic rings. The van der Waals surface area contributed by atoms with Crippen LogP contribution in [0.4, 0.5) is 21.5 Å². The summed E-state index contributed by atoms with van der Waals surface area (Å²) in [5.74, 6) is -0.755. The number of carbonyl (C=O) groups excluding carboxylic acids is 3. The van der Waals surface area contributed by atoms with Gasteiger partial charge in [-0.2, -0.15) is 0 Å². The summed E-state index contributed by atoms with van der Waals surface area (Å²) in [6.45, 7) is 0. The predicted octanol–water partition coefficient (Wildman–Crippen LogP) is 6.90. The van der Waals surface area contributed by atoms with Crippen LogP contribution in [-0.2, 0) is 4.74 Å². The molecular formula is C31H28ClFN2O4. The van der Waals surface area contributed by atoms with Crippen LogP contribution in [0.2, 0.25) is 5.02 Å². The van der Waals surface area contributed by atoms with Gasteiger partial charge in [-0.15, -0.1) is 0 Å². The van der Waals surface area contributed by atoms with Crippen LogP contribution in [0.3, 0.4) is 0 Å². The lowest BCUT2D eigenvalue weighted by molar-refractivity contribution is -0.00815. The van der Waals surface area contributed by atoms with E-state index in [9.17, 15) is 18.8 Å². The highest BCUT2D eigenvalue weighted by atomic mass is 35.5. The van der Waals surface area contributed by atoms with Crippen molar-refractivity contribution in [2.45, 2.75) is 50.8 Å². The first kappa shape index (κ1) is 25.6. The van der Waals surface area contributed by atoms with Gasteiger partial charge in [-0.25, -0.2) is 9.18 Å². The molecule has 2 fully saturated rings. The van der Waals surface area contributed by atoms with Crippen molar-refractivity contribution in [1.29, 1.82) is 0 Å². The first-order valence-electron chi connectivity index (χ1n) is 13.3. The zero-order chi connectivity index (χ0) is 27.3. The molecule has 0 bridgehead atoms. The fourth-order valence-electron chi connectivity index (χ4n) is 6.39. The molecule has 3 aliphatic carbocycles. The van der Waals surface area contributed by atoms with Gasteiger partial charge >= 0.3 is 5.97 Å². The van der Waals surface area contributed by atoms with Crippen LogP contribution in [0.5, 0.6) is 0 Å². The fourth-order valence-corrected chi connectivity index (χ4v) is 6.51. The topological polar surface area (TPSA) is 98.5 Å². The van der Waals surface area contributed by atoms with E-state index >= 15 is 0 Å². The maximum atomic E-state index is 13.9. The molecule has 3 aromatic rings. The molecule has 4 unspecified atom stereocenters. The summed E-state index contributed by atoms with van der Waals surface area (Å²) in [5, 5.41) is 3.72. The van der Waals surface area contributed by atoms with Gasteiger partial charge in [0.15, 0.2) is 11.6 Å². The van der Waals surface area contributed by atoms with E-state index in [-0.39, 0.29) is 51.1 Å². The minimum Gasteiger partial charge on any atom is -0.459 e. The summed E-state index contributed by atoms with van der Waals surface area (Å²) in [5.41, 5.74) is 7.95. The average Bonchev–Trinajstić information content (AvgIpc) is 2.93. The number of benzene rings is 3. The van der Waals surface area contributed by atoms with E-state index in [0.29, 0.717) is 48.2 Å². The van der Waals surface area contributed by atoms with E-state index in [0.717, 1.165) is 12.8 Å². The lowest BCUT2D eigenvalue weighted by Gasteiger charge is -2.40. The Kier molecular flexibility index (Phi) is 6.63. The Hall–Kier alpha value is -3.71. The second kappa shape index (κ2) is 10.1. The molecule has 0 spiro atoms. The Morgan fingerprint density at radius 3 is 2.26 bits per heavy atom. The van der Waals surface area contributed by atoms with E-state index in [1.807, 2.05) is 0 Å². The molecule has 3 N–H and O–H groups in total. The van der Waals surface area contributed by atoms with Crippen molar-refractivity contribution in [3.05, 3.63) is 87.4 Å². The SMILES string of the molecule is Nc1c(C(=O)OC2CCC3CC(F)CCC3C2)cc(Nc2ccc(Cl)cc2)c2c1C(=O)c1ccccc1C2=O. The van der Waals surface area contributed by atoms with Crippen molar-refractivity contribution < 1.29 is 23.5 Å². The number of hydrogen-bond acceptors (Lipinski definition) is 6. The molecule has 2 saturated carbocycles. The number of halogens is 2. The normalized spacial score (nSPS) is 23.8. The highest BCUT2D eigenvalue weighted by molar-refractivity contribution is 6.33. The van der Waals surface area contributed by atoms with Gasteiger partial charge in [0.2, 0.25) is 0 Å². The summed E-state index contributed by atoms with van der Waals surface area (Å²) in [7, 11) is 0. The number of anilines is 3. The average molecular weight is 547 g/mol. The van der Waals surface area contributed by atoms with E-state index in [1.165, 1.54) is 6.07 Å². The quantitative estimate of drug-likeness (QED) is 0.213. The standard InChI is InChI=1S/C31H28ClFN2O4/c32-18-7-10-20(11-8-18)35-25-15-24(31(38)39-21-12-6-16-13-19(33)9-5-17(16)14-21)28(34)27-26(25)29(36)22-3-1-2-4-23(22)30(27)37/h1-4,7-8,10-11,15-17,19,21,35H,5-6,9,12-14,34H2. The summed E-state index contributed by atoms with van der Waals surface area (Å²) >= 11 is 6.04. The second-order valence-corrected chi connectivity index (χ2v) is 11.2. The Balaban J connectivity index is 1.36. The van der Waals surface area contributed by atoms with Crippen molar-refractivity contribution >= 4 is 46.2 Å². The first-order chi connectivity index (χ1) is 18.8. The molecule has 0 heterocycles. The fraction of sp³-hybridized carbons (Fsp3) is 0.323. The van der Waals surface area contributed by atoms with Gasteiger partial charge in [0, 0.05) is 21.8 Å². The number of nitrogens with one attached hydrogen (secondary N) is 1. The molecule has 0 saturated heterocycles. The lowest BCUT2D eigenvalue weighted by Crippen LogP contribution is -2.35. The second-order valence-electron chi connectivity index (χ2n) is 10.7.